The van der Waals surface area contributed by atoms with Crippen LogP contribution in [0.1, 0.15) is 77.1 Å². The van der Waals surface area contributed by atoms with Crippen LogP contribution < -0.4 is 11.1 Å². The molecule has 2 aliphatic rings. The Morgan fingerprint density at radius 3 is 1.60 bits per heavy atom. The van der Waals surface area contributed by atoms with Crippen molar-refractivity contribution in [1.29, 1.82) is 0 Å². The lowest BCUT2D eigenvalue weighted by molar-refractivity contribution is -0.143. The first-order chi connectivity index (χ1) is 25.4. The predicted octanol–water partition coefficient (Wildman–Crippen LogP) is 5.96. The van der Waals surface area contributed by atoms with Gasteiger partial charge in [-0.15, -0.1) is 0 Å². The monoisotopic (exact) mass is 724 g/mol. The summed E-state index contributed by atoms with van der Waals surface area (Å²) < 4.78 is 9.91. The number of aromatic nitrogens is 4. The molecule has 0 saturated carbocycles. The molecule has 280 valence electrons. The Morgan fingerprint density at radius 1 is 0.736 bits per heavy atom. The SMILES string of the molecule is COC(=O)N[C@H](C(=O)N1CCC[C@H]1c1ncc(-c2ccc(-c3ccc(-c4cnc([C@@H]5CCCN5C(=O)[C@@H](OC(N)=O)C(C)C)[nH]4)cc3)cc2)[nH]1)C(C)C. The van der Waals surface area contributed by atoms with Crippen molar-refractivity contribution in [2.24, 2.45) is 17.6 Å². The molecule has 5 N–H and O–H groups in total. The van der Waals surface area contributed by atoms with Gasteiger partial charge in [0.2, 0.25) is 5.91 Å². The molecule has 2 fully saturated rings. The molecule has 0 bridgehead atoms. The average molecular weight is 725 g/mol. The van der Waals surface area contributed by atoms with E-state index in [0.29, 0.717) is 18.9 Å². The van der Waals surface area contributed by atoms with E-state index in [9.17, 15) is 19.2 Å². The Labute approximate surface area is 308 Å². The van der Waals surface area contributed by atoms with Crippen molar-refractivity contribution in [2.75, 3.05) is 20.2 Å². The minimum Gasteiger partial charge on any atom is -0.453 e. The molecule has 4 amide bonds. The highest BCUT2D eigenvalue weighted by atomic mass is 16.6. The van der Waals surface area contributed by atoms with E-state index in [1.165, 1.54) is 7.11 Å². The van der Waals surface area contributed by atoms with Crippen molar-refractivity contribution in [3.05, 3.63) is 72.6 Å². The third kappa shape index (κ3) is 8.06. The van der Waals surface area contributed by atoms with Crippen molar-refractivity contribution < 1.29 is 28.7 Å². The number of alkyl carbamates (subject to hydrolysis) is 1. The Hall–Kier alpha value is -5.66. The summed E-state index contributed by atoms with van der Waals surface area (Å²) in [6.45, 7) is 8.58. The topological polar surface area (TPSA) is 189 Å². The van der Waals surface area contributed by atoms with Gasteiger partial charge in [-0.1, -0.05) is 76.2 Å². The molecular weight excluding hydrogens is 676 g/mol. The number of carbonyl (C=O) groups is 4. The molecule has 53 heavy (non-hydrogen) atoms. The highest BCUT2D eigenvalue weighted by Gasteiger charge is 2.39. The number of hydrogen-bond donors (Lipinski definition) is 4. The van der Waals surface area contributed by atoms with E-state index in [4.69, 9.17) is 15.2 Å². The molecule has 0 radical (unpaired) electrons. The fraction of sp³-hybridized carbons (Fsp3) is 0.436. The molecule has 0 unspecified atom stereocenters. The molecule has 2 saturated heterocycles. The highest BCUT2D eigenvalue weighted by molar-refractivity contribution is 5.86. The van der Waals surface area contributed by atoms with Gasteiger partial charge in [0.25, 0.3) is 5.91 Å². The zero-order valence-electron chi connectivity index (χ0n) is 30.8. The van der Waals surface area contributed by atoms with Crippen LogP contribution in [-0.4, -0.2) is 86.1 Å². The molecule has 0 aliphatic carbocycles. The molecule has 14 nitrogen and oxygen atoms in total. The second-order valence-electron chi connectivity index (χ2n) is 14.4. The number of nitrogens with zero attached hydrogens (tertiary/aromatic N) is 4. The largest absolute Gasteiger partial charge is 0.453 e. The second kappa shape index (κ2) is 15.9. The number of nitrogens with one attached hydrogen (secondary N) is 3. The summed E-state index contributed by atoms with van der Waals surface area (Å²) in [4.78, 5) is 69.9. The average Bonchev–Trinajstić information content (AvgIpc) is 3.98. The van der Waals surface area contributed by atoms with E-state index >= 15 is 0 Å². The minimum absolute atomic E-state index is 0.106. The van der Waals surface area contributed by atoms with Crippen LogP contribution in [0.4, 0.5) is 9.59 Å². The maximum Gasteiger partial charge on any atom is 0.407 e. The van der Waals surface area contributed by atoms with Crippen molar-refractivity contribution in [3.8, 4) is 33.6 Å². The zero-order valence-corrected chi connectivity index (χ0v) is 30.8. The normalized spacial score (nSPS) is 18.3. The van der Waals surface area contributed by atoms with Crippen molar-refractivity contribution in [2.45, 2.75) is 77.6 Å². The molecule has 2 aromatic carbocycles. The Kier molecular flexibility index (Phi) is 11.2. The predicted molar refractivity (Wildman–Crippen MR) is 198 cm³/mol. The number of aromatic amines is 2. The van der Waals surface area contributed by atoms with Crippen LogP contribution in [0.2, 0.25) is 0 Å². The van der Waals surface area contributed by atoms with Crippen LogP contribution in [-0.2, 0) is 19.1 Å². The Balaban J connectivity index is 1.11. The van der Waals surface area contributed by atoms with E-state index in [1.807, 2.05) is 52.0 Å². The van der Waals surface area contributed by atoms with Crippen LogP contribution in [0.3, 0.4) is 0 Å². The summed E-state index contributed by atoms with van der Waals surface area (Å²) in [6, 6.07) is 15.3. The van der Waals surface area contributed by atoms with Gasteiger partial charge in [0.05, 0.1) is 43.0 Å². The van der Waals surface area contributed by atoms with Crippen molar-refractivity contribution in [1.82, 2.24) is 35.1 Å². The number of amides is 4. The fourth-order valence-electron chi connectivity index (χ4n) is 7.26. The number of imidazole rings is 2. The Bertz CT molecular complexity index is 1920. The fourth-order valence-corrected chi connectivity index (χ4v) is 7.26. The number of likely N-dealkylation sites (tertiary alicyclic amines) is 2. The zero-order chi connectivity index (χ0) is 37.8. The molecule has 0 spiro atoms. The molecule has 2 aromatic heterocycles. The number of primary amides is 1. The van der Waals surface area contributed by atoms with Crippen molar-refractivity contribution >= 4 is 24.0 Å². The molecule has 4 atom stereocenters. The van der Waals surface area contributed by atoms with Gasteiger partial charge in [-0.3, -0.25) is 9.59 Å². The third-order valence-electron chi connectivity index (χ3n) is 10.1. The summed E-state index contributed by atoms with van der Waals surface area (Å²) in [5.74, 6) is 0.682. The summed E-state index contributed by atoms with van der Waals surface area (Å²) in [7, 11) is 1.29. The number of carbonyl (C=O) groups excluding carboxylic acids is 4. The number of rotatable bonds is 11. The number of methoxy groups -OCH3 is 1. The lowest BCUT2D eigenvalue weighted by Gasteiger charge is -2.30. The van der Waals surface area contributed by atoms with Gasteiger partial charge in [-0.2, -0.15) is 0 Å². The first-order valence-corrected chi connectivity index (χ1v) is 18.2. The standard InChI is InChI=1S/C39H48N8O6/c1-22(2)32(45-39(51)52-5)36(48)46-18-6-8-30(46)34-41-20-28(43-34)26-14-10-24(11-15-26)25-12-16-27(17-13-25)29-21-42-35(44-29)31-9-7-19-47(31)37(49)33(23(3)4)53-38(40)50/h10-17,20-23,30-33H,6-9,18-19H2,1-5H3,(H2,40,50)(H,41,43)(H,42,44)(H,45,51)/t30-,31-,32-,33-/m0/s1. The smallest absolute Gasteiger partial charge is 0.407 e. The number of nitrogens with two attached hydrogens (primary N) is 1. The van der Waals surface area contributed by atoms with Gasteiger partial charge in [0.15, 0.2) is 6.10 Å². The minimum atomic E-state index is -0.963. The van der Waals surface area contributed by atoms with Crippen LogP contribution in [0.15, 0.2) is 60.9 Å². The highest BCUT2D eigenvalue weighted by Crippen LogP contribution is 2.35. The molecule has 2 aliphatic heterocycles. The van der Waals surface area contributed by atoms with Crippen LogP contribution in [0.5, 0.6) is 0 Å². The Morgan fingerprint density at radius 2 is 1.19 bits per heavy atom. The first-order valence-electron chi connectivity index (χ1n) is 18.2. The van der Waals surface area contributed by atoms with E-state index in [2.05, 4.69) is 49.5 Å². The van der Waals surface area contributed by atoms with Gasteiger partial charge < -0.3 is 40.3 Å². The molecule has 14 heteroatoms. The molecule has 4 aromatic rings. The van der Waals surface area contributed by atoms with Gasteiger partial charge in [-0.05, 0) is 59.8 Å². The van der Waals surface area contributed by atoms with Gasteiger partial charge in [-0.25, -0.2) is 19.6 Å². The maximum absolute atomic E-state index is 13.5. The second-order valence-corrected chi connectivity index (χ2v) is 14.4. The van der Waals surface area contributed by atoms with E-state index in [-0.39, 0.29) is 35.7 Å². The summed E-state index contributed by atoms with van der Waals surface area (Å²) >= 11 is 0. The summed E-state index contributed by atoms with van der Waals surface area (Å²) in [5, 5.41) is 2.69. The van der Waals surface area contributed by atoms with Gasteiger partial charge in [0.1, 0.15) is 17.7 Å². The molecule has 6 rings (SSSR count). The van der Waals surface area contributed by atoms with E-state index in [1.54, 1.807) is 22.2 Å². The number of ether oxygens (including phenoxy) is 2. The number of benzene rings is 2. The van der Waals surface area contributed by atoms with E-state index < -0.39 is 24.3 Å². The van der Waals surface area contributed by atoms with Gasteiger partial charge >= 0.3 is 12.2 Å². The van der Waals surface area contributed by atoms with E-state index in [0.717, 1.165) is 65.1 Å². The van der Waals surface area contributed by atoms with Crippen LogP contribution >= 0.6 is 0 Å². The third-order valence-corrected chi connectivity index (χ3v) is 10.1. The molecule has 4 heterocycles. The first kappa shape index (κ1) is 37.1. The quantitative estimate of drug-likeness (QED) is 0.146. The summed E-state index contributed by atoms with van der Waals surface area (Å²) in [6.07, 6.45) is 4.24. The maximum atomic E-state index is 13.5. The molecular formula is C39H48N8O6. The lowest BCUT2D eigenvalue weighted by atomic mass is 10.0. The number of hydrogen-bond acceptors (Lipinski definition) is 8. The van der Waals surface area contributed by atoms with Gasteiger partial charge in [0, 0.05) is 13.1 Å². The van der Waals surface area contributed by atoms with Crippen LogP contribution in [0, 0.1) is 11.8 Å². The summed E-state index contributed by atoms with van der Waals surface area (Å²) in [5.41, 5.74) is 11.0. The van der Waals surface area contributed by atoms with Crippen LogP contribution in [0.25, 0.3) is 33.6 Å². The number of H-pyrrole nitrogens is 2. The van der Waals surface area contributed by atoms with Crippen molar-refractivity contribution in [3.63, 3.8) is 0 Å². The lowest BCUT2D eigenvalue weighted by Crippen LogP contribution is -2.51.